The van der Waals surface area contributed by atoms with E-state index in [0.29, 0.717) is 18.5 Å². The molecule has 0 unspecified atom stereocenters. The maximum atomic E-state index is 13.0. The zero-order valence-corrected chi connectivity index (χ0v) is 9.24. The van der Waals surface area contributed by atoms with Gasteiger partial charge in [-0.1, -0.05) is 6.07 Å². The average Bonchev–Trinajstić information content (AvgIpc) is 2.24. The lowest BCUT2D eigenvalue weighted by atomic mass is 9.76. The lowest BCUT2D eigenvalue weighted by molar-refractivity contribution is -0.126. The number of amides is 1. The van der Waals surface area contributed by atoms with E-state index in [4.69, 9.17) is 5.73 Å². The van der Waals surface area contributed by atoms with Gasteiger partial charge in [-0.3, -0.25) is 4.79 Å². The van der Waals surface area contributed by atoms with Crippen LogP contribution in [0.15, 0.2) is 24.3 Å². The molecule has 0 spiro atoms. The fourth-order valence-corrected chi connectivity index (χ4v) is 1.91. The molecule has 1 aromatic carbocycles. The zero-order chi connectivity index (χ0) is 11.8. The van der Waals surface area contributed by atoms with Crippen LogP contribution in [-0.4, -0.2) is 18.5 Å². The molecule has 1 aliphatic carbocycles. The molecule has 86 valence electrons. The van der Waals surface area contributed by atoms with Gasteiger partial charge in [-0.25, -0.2) is 4.39 Å². The highest BCUT2D eigenvalue weighted by atomic mass is 19.1. The summed E-state index contributed by atoms with van der Waals surface area (Å²) in [5, 5.41) is 0. The smallest absolute Gasteiger partial charge is 0.246 e. The molecule has 1 saturated carbocycles. The molecule has 0 saturated heterocycles. The van der Waals surface area contributed by atoms with Crippen molar-refractivity contribution in [3.63, 3.8) is 0 Å². The lowest BCUT2D eigenvalue weighted by Crippen LogP contribution is -2.59. The summed E-state index contributed by atoms with van der Waals surface area (Å²) < 4.78 is 13.0. The number of carbonyl (C=O) groups excluding carboxylic acids is 1. The van der Waals surface area contributed by atoms with Gasteiger partial charge in [-0.2, -0.15) is 0 Å². The molecular formula is C12H15FN2O. The van der Waals surface area contributed by atoms with Crippen LogP contribution < -0.4 is 10.6 Å². The molecule has 0 aliphatic heterocycles. The maximum absolute atomic E-state index is 13.0. The predicted octanol–water partition coefficient (Wildman–Crippen LogP) is 1.67. The quantitative estimate of drug-likeness (QED) is 0.827. The van der Waals surface area contributed by atoms with Crippen molar-refractivity contribution in [3.05, 3.63) is 30.1 Å². The Hall–Kier alpha value is -1.42. The van der Waals surface area contributed by atoms with Crippen LogP contribution in [-0.2, 0) is 4.79 Å². The monoisotopic (exact) mass is 222 g/mol. The summed E-state index contributed by atoms with van der Waals surface area (Å²) in [6.07, 6.45) is 2.41. The third kappa shape index (κ3) is 1.80. The van der Waals surface area contributed by atoms with Gasteiger partial charge in [0.25, 0.3) is 0 Å². The highest BCUT2D eigenvalue weighted by Crippen LogP contribution is 2.32. The van der Waals surface area contributed by atoms with Crippen LogP contribution in [0.4, 0.5) is 10.1 Å². The van der Waals surface area contributed by atoms with Gasteiger partial charge in [0.2, 0.25) is 5.91 Å². The van der Waals surface area contributed by atoms with Crippen molar-refractivity contribution in [2.75, 3.05) is 11.9 Å². The van der Waals surface area contributed by atoms with Gasteiger partial charge in [0.15, 0.2) is 0 Å². The minimum Gasteiger partial charge on any atom is -0.317 e. The van der Waals surface area contributed by atoms with Crippen LogP contribution in [0.5, 0.6) is 0 Å². The summed E-state index contributed by atoms with van der Waals surface area (Å²) in [5.74, 6) is -0.485. The molecule has 0 aromatic heterocycles. The van der Waals surface area contributed by atoms with Crippen molar-refractivity contribution >= 4 is 11.6 Å². The highest BCUT2D eigenvalue weighted by molar-refractivity contribution is 6.00. The number of likely N-dealkylation sites (N-methyl/N-ethyl adjacent to an activating group) is 1. The van der Waals surface area contributed by atoms with Crippen LogP contribution in [0, 0.1) is 5.82 Å². The van der Waals surface area contributed by atoms with E-state index in [9.17, 15) is 9.18 Å². The van der Waals surface area contributed by atoms with Gasteiger partial charge in [-0.05, 0) is 37.5 Å². The van der Waals surface area contributed by atoms with Crippen molar-refractivity contribution in [2.45, 2.75) is 24.8 Å². The molecule has 0 bridgehead atoms. The Morgan fingerprint density at radius 2 is 2.19 bits per heavy atom. The Bertz CT molecular complexity index is 415. The van der Waals surface area contributed by atoms with E-state index in [-0.39, 0.29) is 11.7 Å². The summed E-state index contributed by atoms with van der Waals surface area (Å²) in [6, 6.07) is 5.96. The molecule has 2 rings (SSSR count). The molecule has 0 radical (unpaired) electrons. The molecule has 16 heavy (non-hydrogen) atoms. The fraction of sp³-hybridized carbons (Fsp3) is 0.417. The van der Waals surface area contributed by atoms with Gasteiger partial charge in [0.1, 0.15) is 5.82 Å². The second-order valence-corrected chi connectivity index (χ2v) is 4.35. The minimum absolute atomic E-state index is 0.135. The number of nitrogens with zero attached hydrogens (tertiary/aromatic N) is 1. The lowest BCUT2D eigenvalue weighted by Gasteiger charge is -2.39. The van der Waals surface area contributed by atoms with E-state index in [1.807, 2.05) is 0 Å². The van der Waals surface area contributed by atoms with E-state index >= 15 is 0 Å². The third-order valence-electron chi connectivity index (χ3n) is 3.17. The van der Waals surface area contributed by atoms with Gasteiger partial charge in [0, 0.05) is 12.7 Å². The average molecular weight is 222 g/mol. The second-order valence-electron chi connectivity index (χ2n) is 4.35. The standard InChI is InChI=1S/C12H15FN2O/c1-15(10-5-2-4-9(13)8-10)11(16)12(14)6-3-7-12/h2,4-5,8H,3,6-7,14H2,1H3. The van der Waals surface area contributed by atoms with E-state index in [1.54, 1.807) is 19.2 Å². The summed E-state index contributed by atoms with van der Waals surface area (Å²) in [6.45, 7) is 0. The molecule has 3 nitrogen and oxygen atoms in total. The van der Waals surface area contributed by atoms with E-state index in [0.717, 1.165) is 6.42 Å². The van der Waals surface area contributed by atoms with E-state index in [2.05, 4.69) is 0 Å². The van der Waals surface area contributed by atoms with Crippen LogP contribution in [0.2, 0.25) is 0 Å². The zero-order valence-electron chi connectivity index (χ0n) is 9.24. The van der Waals surface area contributed by atoms with Crippen molar-refractivity contribution in [1.82, 2.24) is 0 Å². The molecule has 4 heteroatoms. The minimum atomic E-state index is -0.735. The molecule has 1 aliphatic rings. The van der Waals surface area contributed by atoms with Crippen LogP contribution in [0.1, 0.15) is 19.3 Å². The summed E-state index contributed by atoms with van der Waals surface area (Å²) in [4.78, 5) is 13.5. The molecule has 0 atom stereocenters. The Kier molecular flexibility index (Phi) is 2.68. The van der Waals surface area contributed by atoms with Crippen LogP contribution in [0.25, 0.3) is 0 Å². The summed E-state index contributed by atoms with van der Waals surface area (Å²) in [7, 11) is 1.63. The SMILES string of the molecule is CN(C(=O)C1(N)CCC1)c1cccc(F)c1. The summed E-state index contributed by atoms with van der Waals surface area (Å²) >= 11 is 0. The Morgan fingerprint density at radius 1 is 1.50 bits per heavy atom. The topological polar surface area (TPSA) is 46.3 Å². The van der Waals surface area contributed by atoms with E-state index in [1.165, 1.54) is 17.0 Å². The van der Waals surface area contributed by atoms with Gasteiger partial charge >= 0.3 is 0 Å². The Balaban J connectivity index is 2.18. The number of carbonyl (C=O) groups is 1. The third-order valence-corrected chi connectivity index (χ3v) is 3.17. The summed E-state index contributed by atoms with van der Waals surface area (Å²) in [5.41, 5.74) is 5.75. The van der Waals surface area contributed by atoms with Gasteiger partial charge < -0.3 is 10.6 Å². The molecule has 0 heterocycles. The molecule has 1 fully saturated rings. The van der Waals surface area contributed by atoms with Gasteiger partial charge in [0.05, 0.1) is 5.54 Å². The normalized spacial score (nSPS) is 17.7. The first-order valence-corrected chi connectivity index (χ1v) is 5.35. The number of rotatable bonds is 2. The van der Waals surface area contributed by atoms with Gasteiger partial charge in [-0.15, -0.1) is 0 Å². The molecular weight excluding hydrogens is 207 g/mol. The fourth-order valence-electron chi connectivity index (χ4n) is 1.91. The molecule has 1 amide bonds. The van der Waals surface area contributed by atoms with Crippen molar-refractivity contribution < 1.29 is 9.18 Å². The second kappa shape index (κ2) is 3.87. The first-order valence-electron chi connectivity index (χ1n) is 5.35. The Labute approximate surface area is 94.0 Å². The number of anilines is 1. The largest absolute Gasteiger partial charge is 0.317 e. The first kappa shape index (κ1) is 11.1. The maximum Gasteiger partial charge on any atom is 0.246 e. The molecule has 1 aromatic rings. The molecule has 2 N–H and O–H groups in total. The number of benzene rings is 1. The number of nitrogens with two attached hydrogens (primary N) is 1. The number of halogens is 1. The van der Waals surface area contributed by atoms with E-state index < -0.39 is 5.54 Å². The van der Waals surface area contributed by atoms with Crippen molar-refractivity contribution in [1.29, 1.82) is 0 Å². The van der Waals surface area contributed by atoms with Crippen LogP contribution >= 0.6 is 0 Å². The Morgan fingerprint density at radius 3 is 2.69 bits per heavy atom. The highest BCUT2D eigenvalue weighted by Gasteiger charge is 2.42. The van der Waals surface area contributed by atoms with Crippen molar-refractivity contribution in [3.8, 4) is 0 Å². The first-order chi connectivity index (χ1) is 7.53. The van der Waals surface area contributed by atoms with Crippen molar-refractivity contribution in [2.24, 2.45) is 5.73 Å². The van der Waals surface area contributed by atoms with Crippen LogP contribution in [0.3, 0.4) is 0 Å². The number of hydrogen-bond donors (Lipinski definition) is 1. The number of hydrogen-bond acceptors (Lipinski definition) is 2. The predicted molar refractivity (Wildman–Crippen MR) is 60.6 cm³/mol.